The van der Waals surface area contributed by atoms with Crippen LogP contribution in [0.15, 0.2) is 24.4 Å². The maximum absolute atomic E-state index is 13.5. The Balaban J connectivity index is 1.37. The van der Waals surface area contributed by atoms with Crippen LogP contribution in [-0.2, 0) is 24.1 Å². The molecule has 3 aromatic rings. The number of fused-ring (bicyclic) bond motifs is 2. The number of piperidine rings is 1. The van der Waals surface area contributed by atoms with Crippen molar-refractivity contribution in [3.05, 3.63) is 46.6 Å². The summed E-state index contributed by atoms with van der Waals surface area (Å²) in [5, 5.41) is 18.1. The standard InChI is InChI=1S/C24H23ClF3N7O/c1-2-14-12-33(21-15(10-29)11-30-19-4-3-16(25)9-18(19)21)6-5-17(14)22(36)34-7-8-35-20(13-34)31-32-23(35)24(26,27)28/h3-4,9,11,14,17H,2,5-8,12-13H2,1H3/t14?,17-/m0/s1. The van der Waals surface area contributed by atoms with Gasteiger partial charge in [0.15, 0.2) is 5.82 Å². The van der Waals surface area contributed by atoms with E-state index in [1.807, 2.05) is 13.0 Å². The molecule has 0 saturated carbocycles. The van der Waals surface area contributed by atoms with E-state index in [-0.39, 0.29) is 43.2 Å². The Morgan fingerprint density at radius 3 is 2.78 bits per heavy atom. The van der Waals surface area contributed by atoms with Gasteiger partial charge in [0.1, 0.15) is 6.07 Å². The molecule has 0 radical (unpaired) electrons. The molecule has 1 unspecified atom stereocenters. The number of anilines is 1. The highest BCUT2D eigenvalue weighted by Crippen LogP contribution is 2.37. The number of hydrogen-bond donors (Lipinski definition) is 0. The van der Waals surface area contributed by atoms with Gasteiger partial charge in [-0.1, -0.05) is 24.9 Å². The molecule has 1 aromatic carbocycles. The number of rotatable bonds is 3. The Kier molecular flexibility index (Phi) is 6.24. The number of pyridine rings is 1. The van der Waals surface area contributed by atoms with Gasteiger partial charge in [0.25, 0.3) is 0 Å². The molecule has 1 amide bonds. The van der Waals surface area contributed by atoms with Crippen molar-refractivity contribution in [1.82, 2.24) is 24.6 Å². The Bertz CT molecular complexity index is 1370. The van der Waals surface area contributed by atoms with Crippen LogP contribution in [-0.4, -0.2) is 50.2 Å². The van der Waals surface area contributed by atoms with Gasteiger partial charge in [-0.05, 0) is 30.5 Å². The van der Waals surface area contributed by atoms with Crippen molar-refractivity contribution in [3.8, 4) is 6.07 Å². The van der Waals surface area contributed by atoms with E-state index >= 15 is 0 Å². The van der Waals surface area contributed by atoms with Crippen LogP contribution in [0.1, 0.15) is 37.0 Å². The molecular weight excluding hydrogens is 495 g/mol. The largest absolute Gasteiger partial charge is 0.451 e. The Morgan fingerprint density at radius 2 is 2.06 bits per heavy atom. The predicted molar refractivity (Wildman–Crippen MR) is 126 cm³/mol. The summed E-state index contributed by atoms with van der Waals surface area (Å²) in [4.78, 5) is 21.6. The number of nitrogens with zero attached hydrogens (tertiary/aromatic N) is 7. The van der Waals surface area contributed by atoms with Gasteiger partial charge in [0, 0.05) is 48.7 Å². The molecule has 12 heteroatoms. The van der Waals surface area contributed by atoms with Crippen molar-refractivity contribution in [2.75, 3.05) is 24.5 Å². The number of carbonyl (C=O) groups is 1. The van der Waals surface area contributed by atoms with Crippen LogP contribution in [0.5, 0.6) is 0 Å². The Labute approximate surface area is 210 Å². The lowest BCUT2D eigenvalue weighted by molar-refractivity contribution is -0.148. The first-order valence-electron chi connectivity index (χ1n) is 11.7. The fourth-order valence-corrected chi connectivity index (χ4v) is 5.51. The first-order valence-corrected chi connectivity index (χ1v) is 12.1. The summed E-state index contributed by atoms with van der Waals surface area (Å²) in [6.07, 6.45) is -1.73. The van der Waals surface area contributed by atoms with Crippen LogP contribution < -0.4 is 4.90 Å². The summed E-state index contributed by atoms with van der Waals surface area (Å²) in [6.45, 7) is 3.32. The van der Waals surface area contributed by atoms with Crippen LogP contribution in [0, 0.1) is 23.2 Å². The summed E-state index contributed by atoms with van der Waals surface area (Å²) in [6, 6.07) is 7.60. The normalized spacial score (nSPS) is 20.3. The molecule has 1 fully saturated rings. The van der Waals surface area contributed by atoms with E-state index in [0.717, 1.165) is 27.6 Å². The van der Waals surface area contributed by atoms with Gasteiger partial charge in [-0.15, -0.1) is 10.2 Å². The van der Waals surface area contributed by atoms with Crippen LogP contribution >= 0.6 is 11.6 Å². The predicted octanol–water partition coefficient (Wildman–Crippen LogP) is 4.27. The number of hydrogen-bond acceptors (Lipinski definition) is 6. The van der Waals surface area contributed by atoms with E-state index in [9.17, 15) is 23.2 Å². The lowest BCUT2D eigenvalue weighted by Gasteiger charge is -2.41. The Morgan fingerprint density at radius 1 is 1.25 bits per heavy atom. The molecule has 4 heterocycles. The lowest BCUT2D eigenvalue weighted by Crippen LogP contribution is -2.49. The summed E-state index contributed by atoms with van der Waals surface area (Å²) >= 11 is 6.24. The van der Waals surface area contributed by atoms with E-state index in [4.69, 9.17) is 11.6 Å². The molecule has 2 atom stereocenters. The molecule has 36 heavy (non-hydrogen) atoms. The maximum Gasteiger partial charge on any atom is 0.451 e. The summed E-state index contributed by atoms with van der Waals surface area (Å²) in [5.74, 6) is -1.23. The fourth-order valence-electron chi connectivity index (χ4n) is 5.34. The molecule has 2 aromatic heterocycles. The van der Waals surface area contributed by atoms with Gasteiger partial charge in [0.2, 0.25) is 11.7 Å². The third-order valence-corrected chi connectivity index (χ3v) is 7.37. The molecule has 5 rings (SSSR count). The summed E-state index contributed by atoms with van der Waals surface area (Å²) < 4.78 is 40.5. The summed E-state index contributed by atoms with van der Waals surface area (Å²) in [5.41, 5.74) is 1.94. The number of aromatic nitrogens is 4. The quantitative estimate of drug-likeness (QED) is 0.515. The Hall–Kier alpha value is -3.39. The number of amides is 1. The molecule has 0 bridgehead atoms. The van der Waals surface area contributed by atoms with Crippen LogP contribution in [0.2, 0.25) is 5.02 Å². The zero-order valence-corrected chi connectivity index (χ0v) is 20.2. The van der Waals surface area contributed by atoms with Crippen molar-refractivity contribution < 1.29 is 18.0 Å². The second-order valence-electron chi connectivity index (χ2n) is 9.15. The van der Waals surface area contributed by atoms with Crippen molar-refractivity contribution in [2.45, 2.75) is 39.0 Å². The molecule has 188 valence electrons. The van der Waals surface area contributed by atoms with Crippen molar-refractivity contribution >= 4 is 34.1 Å². The minimum Gasteiger partial charge on any atom is -0.370 e. The van der Waals surface area contributed by atoms with Gasteiger partial charge < -0.3 is 14.4 Å². The van der Waals surface area contributed by atoms with E-state index in [2.05, 4.69) is 26.2 Å². The number of carbonyl (C=O) groups excluding carboxylic acids is 1. The average molecular weight is 518 g/mol. The topological polar surface area (TPSA) is 90.9 Å². The van der Waals surface area contributed by atoms with Crippen LogP contribution in [0.4, 0.5) is 18.9 Å². The molecule has 2 aliphatic rings. The SMILES string of the molecule is CCC1CN(c2c(C#N)cnc3ccc(Cl)cc23)CC[C@@H]1C(=O)N1CCn2c(nnc2C(F)(F)F)C1. The monoisotopic (exact) mass is 517 g/mol. The molecule has 2 aliphatic heterocycles. The summed E-state index contributed by atoms with van der Waals surface area (Å²) in [7, 11) is 0. The number of alkyl halides is 3. The highest BCUT2D eigenvalue weighted by molar-refractivity contribution is 6.31. The smallest absolute Gasteiger partial charge is 0.370 e. The lowest BCUT2D eigenvalue weighted by atomic mass is 9.82. The van der Waals surface area contributed by atoms with E-state index in [1.165, 1.54) is 0 Å². The van der Waals surface area contributed by atoms with E-state index in [0.29, 0.717) is 30.1 Å². The van der Waals surface area contributed by atoms with Crippen LogP contribution in [0.25, 0.3) is 10.9 Å². The zero-order chi connectivity index (χ0) is 25.6. The first-order chi connectivity index (χ1) is 17.2. The van der Waals surface area contributed by atoms with Gasteiger partial charge in [-0.2, -0.15) is 18.4 Å². The number of nitriles is 1. The van der Waals surface area contributed by atoms with Crippen LogP contribution in [0.3, 0.4) is 0 Å². The van der Waals surface area contributed by atoms with Crippen molar-refractivity contribution in [1.29, 1.82) is 5.26 Å². The van der Waals surface area contributed by atoms with Gasteiger partial charge >= 0.3 is 6.18 Å². The molecule has 0 spiro atoms. The average Bonchev–Trinajstić information content (AvgIpc) is 3.31. The van der Waals surface area contributed by atoms with E-state index < -0.39 is 12.0 Å². The van der Waals surface area contributed by atoms with Gasteiger partial charge in [-0.25, -0.2) is 0 Å². The third-order valence-electron chi connectivity index (χ3n) is 7.13. The molecule has 0 N–H and O–H groups in total. The highest BCUT2D eigenvalue weighted by Gasteiger charge is 2.42. The van der Waals surface area contributed by atoms with Crippen molar-refractivity contribution in [3.63, 3.8) is 0 Å². The second-order valence-corrected chi connectivity index (χ2v) is 9.59. The molecule has 8 nitrogen and oxygen atoms in total. The molecule has 0 aliphatic carbocycles. The minimum atomic E-state index is -4.58. The third kappa shape index (κ3) is 4.23. The second kappa shape index (κ2) is 9.24. The fraction of sp³-hybridized carbons (Fsp3) is 0.458. The minimum absolute atomic E-state index is 0.00460. The zero-order valence-electron chi connectivity index (χ0n) is 19.5. The number of benzene rings is 1. The van der Waals surface area contributed by atoms with Gasteiger partial charge in [0.05, 0.1) is 23.3 Å². The molecular formula is C24H23ClF3N7O. The van der Waals surface area contributed by atoms with E-state index in [1.54, 1.807) is 23.2 Å². The van der Waals surface area contributed by atoms with Gasteiger partial charge in [-0.3, -0.25) is 9.78 Å². The molecule has 1 saturated heterocycles. The maximum atomic E-state index is 13.5. The van der Waals surface area contributed by atoms with Crippen molar-refractivity contribution in [2.24, 2.45) is 11.8 Å². The number of halogens is 4. The first kappa shape index (κ1) is 24.3. The highest BCUT2D eigenvalue weighted by atomic mass is 35.5.